The van der Waals surface area contributed by atoms with Gasteiger partial charge in [-0.05, 0) is 98.7 Å². The number of nitrogens with zero attached hydrogens (tertiary/aromatic N) is 1. The Kier molecular flexibility index (Phi) is 11.6. The molecule has 40 heavy (non-hydrogen) atoms. The molecule has 0 aromatic heterocycles. The van der Waals surface area contributed by atoms with Crippen molar-refractivity contribution in [1.82, 2.24) is 0 Å². The summed E-state index contributed by atoms with van der Waals surface area (Å²) in [5.74, 6) is 0.395. The number of aryl methyl sites for hydroxylation is 1. The maximum atomic E-state index is 15.2. The summed E-state index contributed by atoms with van der Waals surface area (Å²) < 4.78 is 50.1. The molecule has 0 saturated heterocycles. The number of benzene rings is 2. The average Bonchev–Trinajstić information content (AvgIpc) is 2.96. The molecule has 2 aliphatic rings. The summed E-state index contributed by atoms with van der Waals surface area (Å²) in [6.07, 6.45) is 13.6. The number of nitroso groups, excluding NO2 is 1. The van der Waals surface area contributed by atoms with Crippen molar-refractivity contribution in [1.29, 1.82) is 0 Å². The highest BCUT2D eigenvalue weighted by atomic mass is 19.2. The zero-order valence-corrected chi connectivity index (χ0v) is 24.3. The fourth-order valence-corrected chi connectivity index (χ4v) is 7.39. The van der Waals surface area contributed by atoms with Crippen LogP contribution in [0, 0.1) is 46.0 Å². The molecule has 3 nitrogen and oxygen atoms in total. The number of halogens is 3. The first-order valence-electron chi connectivity index (χ1n) is 15.5. The topological polar surface area (TPSA) is 38.7 Å². The van der Waals surface area contributed by atoms with Gasteiger partial charge in [0.05, 0.1) is 13.2 Å². The average molecular weight is 558 g/mol. The molecule has 2 aromatic carbocycles. The lowest BCUT2D eigenvalue weighted by molar-refractivity contribution is 0.116. The third-order valence-corrected chi connectivity index (χ3v) is 9.70. The van der Waals surface area contributed by atoms with Crippen LogP contribution in [-0.2, 0) is 11.2 Å². The van der Waals surface area contributed by atoms with Gasteiger partial charge in [-0.25, -0.2) is 13.2 Å². The van der Waals surface area contributed by atoms with E-state index in [4.69, 9.17) is 4.74 Å². The molecule has 0 bridgehead atoms. The van der Waals surface area contributed by atoms with Gasteiger partial charge in [0, 0.05) is 24.2 Å². The van der Waals surface area contributed by atoms with E-state index >= 15 is 4.39 Å². The van der Waals surface area contributed by atoms with E-state index in [0.717, 1.165) is 68.8 Å². The minimum Gasteiger partial charge on any atom is -0.384 e. The molecule has 0 heterocycles. The van der Waals surface area contributed by atoms with Crippen molar-refractivity contribution in [3.05, 3.63) is 63.8 Å². The quantitative estimate of drug-likeness (QED) is 0.182. The van der Waals surface area contributed by atoms with Crippen LogP contribution < -0.4 is 0 Å². The second kappa shape index (κ2) is 15.1. The number of unbranched alkanes of at least 4 members (excludes halogenated alkanes) is 2. The lowest BCUT2D eigenvalue weighted by Gasteiger charge is -2.38. The first kappa shape index (κ1) is 30.7. The molecule has 2 aromatic rings. The van der Waals surface area contributed by atoms with Gasteiger partial charge in [0.1, 0.15) is 5.82 Å². The normalized spacial score (nSPS) is 24.1. The predicted molar refractivity (Wildman–Crippen MR) is 156 cm³/mol. The molecular formula is C34H46F3NO2. The van der Waals surface area contributed by atoms with Crippen LogP contribution in [0.3, 0.4) is 0 Å². The van der Waals surface area contributed by atoms with Crippen molar-refractivity contribution in [3.63, 3.8) is 0 Å². The number of methoxy groups -OCH3 is 1. The summed E-state index contributed by atoms with van der Waals surface area (Å²) in [6.45, 7) is 3.02. The van der Waals surface area contributed by atoms with Gasteiger partial charge < -0.3 is 4.74 Å². The van der Waals surface area contributed by atoms with E-state index in [1.54, 1.807) is 25.3 Å². The number of ether oxygens (including phenoxy) is 1. The predicted octanol–water partition coefficient (Wildman–Crippen LogP) is 10.0. The molecule has 0 spiro atoms. The van der Waals surface area contributed by atoms with Gasteiger partial charge in [-0.3, -0.25) is 0 Å². The number of hydrogen-bond acceptors (Lipinski definition) is 3. The molecule has 0 aliphatic heterocycles. The third-order valence-electron chi connectivity index (χ3n) is 9.70. The fourth-order valence-electron chi connectivity index (χ4n) is 7.39. The molecule has 0 radical (unpaired) electrons. The van der Waals surface area contributed by atoms with Gasteiger partial charge >= 0.3 is 0 Å². The maximum Gasteiger partial charge on any atom is 0.167 e. The summed E-state index contributed by atoms with van der Waals surface area (Å²) in [5.41, 5.74) is 1.45. The zero-order valence-electron chi connectivity index (χ0n) is 24.3. The van der Waals surface area contributed by atoms with Crippen LogP contribution in [-0.4, -0.2) is 20.3 Å². The zero-order chi connectivity index (χ0) is 28.5. The molecule has 220 valence electrons. The molecule has 2 fully saturated rings. The summed E-state index contributed by atoms with van der Waals surface area (Å²) >= 11 is 0. The Hall–Kier alpha value is -2.21. The number of rotatable bonds is 13. The highest BCUT2D eigenvalue weighted by molar-refractivity contribution is 5.66. The Bertz CT molecular complexity index is 1090. The molecule has 0 N–H and O–H groups in total. The van der Waals surface area contributed by atoms with Crippen LogP contribution in [0.5, 0.6) is 0 Å². The molecule has 4 rings (SSSR count). The Morgan fingerprint density at radius 1 is 0.875 bits per heavy atom. The van der Waals surface area contributed by atoms with E-state index < -0.39 is 17.5 Å². The van der Waals surface area contributed by atoms with Crippen LogP contribution in [0.15, 0.2) is 35.5 Å². The van der Waals surface area contributed by atoms with E-state index in [-0.39, 0.29) is 17.0 Å². The molecule has 2 saturated carbocycles. The van der Waals surface area contributed by atoms with E-state index in [1.165, 1.54) is 31.7 Å². The van der Waals surface area contributed by atoms with Crippen molar-refractivity contribution in [2.24, 2.45) is 28.8 Å². The van der Waals surface area contributed by atoms with Crippen LogP contribution in [0.2, 0.25) is 0 Å². The lowest BCUT2D eigenvalue weighted by atomic mass is 9.67. The van der Waals surface area contributed by atoms with Crippen LogP contribution >= 0.6 is 0 Å². The van der Waals surface area contributed by atoms with E-state index in [1.807, 2.05) is 6.07 Å². The Labute approximate surface area is 238 Å². The fraction of sp³-hybridized carbons (Fsp3) is 0.647. The van der Waals surface area contributed by atoms with Crippen molar-refractivity contribution < 1.29 is 17.9 Å². The highest BCUT2D eigenvalue weighted by Crippen LogP contribution is 2.45. The van der Waals surface area contributed by atoms with Crippen molar-refractivity contribution in [2.45, 2.75) is 96.3 Å². The number of hydrogen-bond donors (Lipinski definition) is 0. The highest BCUT2D eigenvalue weighted by Gasteiger charge is 2.32. The summed E-state index contributed by atoms with van der Waals surface area (Å²) in [6, 6.07) is 8.21. The molecular weight excluding hydrogens is 511 g/mol. The molecule has 6 heteroatoms. The third kappa shape index (κ3) is 7.74. The minimum absolute atomic E-state index is 0.00364. The SMILES string of the molecule is CCCCCc1ccc(-c2ccc(C3CCC(C4CCC(CC(CN=O)COC)CC4)CC3)cc2F)c(F)c1F. The second-order valence-corrected chi connectivity index (χ2v) is 12.4. The van der Waals surface area contributed by atoms with Gasteiger partial charge in [0.2, 0.25) is 0 Å². The van der Waals surface area contributed by atoms with Crippen LogP contribution in [0.4, 0.5) is 13.2 Å². The van der Waals surface area contributed by atoms with Gasteiger partial charge in [-0.2, -0.15) is 4.91 Å². The summed E-state index contributed by atoms with van der Waals surface area (Å²) in [7, 11) is 1.68. The Balaban J connectivity index is 1.30. The molecule has 2 aliphatic carbocycles. The van der Waals surface area contributed by atoms with E-state index in [2.05, 4.69) is 12.1 Å². The largest absolute Gasteiger partial charge is 0.384 e. The van der Waals surface area contributed by atoms with Crippen molar-refractivity contribution >= 4 is 0 Å². The van der Waals surface area contributed by atoms with Crippen LogP contribution in [0.25, 0.3) is 11.1 Å². The van der Waals surface area contributed by atoms with Gasteiger partial charge in [-0.15, -0.1) is 0 Å². The monoisotopic (exact) mass is 557 g/mol. The first-order valence-corrected chi connectivity index (χ1v) is 15.5. The summed E-state index contributed by atoms with van der Waals surface area (Å²) in [5, 5.41) is 3.10. The standard InChI is InChI=1S/C34H46F3NO2/c1-3-4-5-6-28-15-18-31(34(37)33(28)36)30-17-16-29(20-32(30)35)27-13-11-26(12-14-27)25-9-7-23(8-10-25)19-24(21-38-39)22-40-2/h15-18,20,23-27H,3-14,19,21-22H2,1-2H3. The van der Waals surface area contributed by atoms with Gasteiger partial charge in [0.15, 0.2) is 11.6 Å². The maximum absolute atomic E-state index is 15.2. The van der Waals surface area contributed by atoms with Crippen LogP contribution in [0.1, 0.15) is 101 Å². The Morgan fingerprint density at radius 2 is 1.55 bits per heavy atom. The molecule has 0 amide bonds. The van der Waals surface area contributed by atoms with Crippen molar-refractivity contribution in [3.8, 4) is 11.1 Å². The Morgan fingerprint density at radius 3 is 2.17 bits per heavy atom. The summed E-state index contributed by atoms with van der Waals surface area (Å²) in [4.78, 5) is 10.7. The lowest BCUT2D eigenvalue weighted by Crippen LogP contribution is -2.27. The minimum atomic E-state index is -0.953. The smallest absolute Gasteiger partial charge is 0.167 e. The molecule has 1 atom stereocenters. The van der Waals surface area contributed by atoms with Gasteiger partial charge in [0.25, 0.3) is 0 Å². The van der Waals surface area contributed by atoms with E-state index in [9.17, 15) is 13.7 Å². The first-order chi connectivity index (χ1) is 19.4. The second-order valence-electron chi connectivity index (χ2n) is 12.4. The van der Waals surface area contributed by atoms with Crippen molar-refractivity contribution in [2.75, 3.05) is 20.3 Å². The van der Waals surface area contributed by atoms with E-state index in [0.29, 0.717) is 37.0 Å². The van der Waals surface area contributed by atoms with Gasteiger partial charge in [-0.1, -0.05) is 62.0 Å². The molecule has 1 unspecified atom stereocenters.